The molecule has 0 heterocycles. The predicted octanol–water partition coefficient (Wildman–Crippen LogP) is 5.00. The lowest BCUT2D eigenvalue weighted by atomic mass is 9.86. The molecule has 0 spiro atoms. The summed E-state index contributed by atoms with van der Waals surface area (Å²) in [6.07, 6.45) is 6.35. The van der Waals surface area contributed by atoms with Crippen LogP contribution in [0.4, 0.5) is 0 Å². The number of Topliss-reactive ketones (excluding diaryl/α,β-unsaturated/α-hetero) is 1. The monoisotopic (exact) mass is 450 g/mol. The van der Waals surface area contributed by atoms with Crippen molar-refractivity contribution in [1.82, 2.24) is 0 Å². The average Bonchev–Trinajstić information content (AvgIpc) is 3.52. The Morgan fingerprint density at radius 2 is 1.79 bits per heavy atom. The maximum Gasteiger partial charge on any atom is 0.315 e. The van der Waals surface area contributed by atoms with Crippen molar-refractivity contribution in [2.24, 2.45) is 11.3 Å². The molecule has 0 amide bonds. The van der Waals surface area contributed by atoms with E-state index in [0.717, 1.165) is 54.4 Å². The van der Waals surface area contributed by atoms with Crippen LogP contribution in [-0.4, -0.2) is 39.2 Å². The summed E-state index contributed by atoms with van der Waals surface area (Å²) in [5.74, 6) is 2.14. The molecule has 174 valence electrons. The minimum absolute atomic E-state index is 0.158. The van der Waals surface area contributed by atoms with Gasteiger partial charge in [0.25, 0.3) is 0 Å². The van der Waals surface area contributed by atoms with Crippen molar-refractivity contribution < 1.29 is 28.5 Å². The van der Waals surface area contributed by atoms with Crippen LogP contribution in [0.5, 0.6) is 17.2 Å². The molecule has 0 bridgehead atoms. The number of carbonyl (C=O) groups excluding carboxylic acids is 2. The molecule has 33 heavy (non-hydrogen) atoms. The van der Waals surface area contributed by atoms with E-state index in [2.05, 4.69) is 0 Å². The predicted molar refractivity (Wildman–Crippen MR) is 123 cm³/mol. The van der Waals surface area contributed by atoms with Crippen molar-refractivity contribution in [1.29, 1.82) is 0 Å². The van der Waals surface area contributed by atoms with Gasteiger partial charge in [0.15, 0.2) is 17.3 Å². The molecule has 2 aromatic rings. The number of fused-ring (bicyclic) bond motifs is 1. The average molecular weight is 451 g/mol. The van der Waals surface area contributed by atoms with Gasteiger partial charge in [0.1, 0.15) is 12.0 Å². The van der Waals surface area contributed by atoms with Crippen LogP contribution in [0.1, 0.15) is 54.4 Å². The zero-order chi connectivity index (χ0) is 23.0. The number of hydrogen-bond acceptors (Lipinski definition) is 6. The van der Waals surface area contributed by atoms with Gasteiger partial charge in [-0.05, 0) is 61.3 Å². The highest BCUT2D eigenvalue weighted by Crippen LogP contribution is 2.50. The second-order valence-electron chi connectivity index (χ2n) is 9.44. The lowest BCUT2D eigenvalue weighted by molar-refractivity contribution is -0.153. The first-order chi connectivity index (χ1) is 16.0. The van der Waals surface area contributed by atoms with E-state index < -0.39 is 5.41 Å². The number of methoxy groups -OCH3 is 2. The Kier molecular flexibility index (Phi) is 5.77. The summed E-state index contributed by atoms with van der Waals surface area (Å²) < 4.78 is 23.1. The molecule has 0 aromatic heterocycles. The van der Waals surface area contributed by atoms with E-state index in [1.54, 1.807) is 14.2 Å². The molecule has 3 aliphatic rings. The summed E-state index contributed by atoms with van der Waals surface area (Å²) >= 11 is 0. The van der Waals surface area contributed by atoms with Crippen LogP contribution >= 0.6 is 0 Å². The van der Waals surface area contributed by atoms with E-state index in [-0.39, 0.29) is 18.4 Å². The molecule has 0 unspecified atom stereocenters. The Labute approximate surface area is 194 Å². The number of benzene rings is 2. The van der Waals surface area contributed by atoms with Gasteiger partial charge in [-0.3, -0.25) is 9.59 Å². The summed E-state index contributed by atoms with van der Waals surface area (Å²) in [5.41, 5.74) is 3.05. The van der Waals surface area contributed by atoms with Crippen molar-refractivity contribution in [2.75, 3.05) is 27.4 Å². The van der Waals surface area contributed by atoms with Gasteiger partial charge in [-0.2, -0.15) is 0 Å². The van der Waals surface area contributed by atoms with Gasteiger partial charge < -0.3 is 18.9 Å². The third-order valence-electron chi connectivity index (χ3n) is 7.29. The van der Waals surface area contributed by atoms with Crippen molar-refractivity contribution >= 4 is 11.8 Å². The third-order valence-corrected chi connectivity index (χ3v) is 7.29. The van der Waals surface area contributed by atoms with Gasteiger partial charge in [0.05, 0.1) is 20.8 Å². The number of rotatable bonds is 9. The molecule has 6 nitrogen and oxygen atoms in total. The minimum atomic E-state index is -0.584. The molecule has 0 radical (unpaired) electrons. The molecular formula is C27H30O6. The largest absolute Gasteiger partial charge is 0.493 e. The summed E-state index contributed by atoms with van der Waals surface area (Å²) in [6, 6.07) is 9.66. The topological polar surface area (TPSA) is 71.1 Å². The van der Waals surface area contributed by atoms with Gasteiger partial charge >= 0.3 is 5.97 Å². The van der Waals surface area contributed by atoms with Crippen LogP contribution in [0.2, 0.25) is 0 Å². The standard InChI is InChI=1S/C27H30O6/c1-30-23-11-9-21(19-6-8-20-18(14-19)7-10-22(20)28)24(25(23)31-2)33-16-27(12-13-27)26(29)32-15-17-4-3-5-17/h6,8-9,11,14,17H,3-5,7,10,12-13,15-16H2,1-2H3. The summed E-state index contributed by atoms with van der Waals surface area (Å²) in [6.45, 7) is 0.749. The highest BCUT2D eigenvalue weighted by atomic mass is 16.5. The molecule has 5 rings (SSSR count). The lowest BCUT2D eigenvalue weighted by Crippen LogP contribution is -2.29. The van der Waals surface area contributed by atoms with Gasteiger partial charge in [-0.15, -0.1) is 0 Å². The number of carbonyl (C=O) groups is 2. The van der Waals surface area contributed by atoms with Gasteiger partial charge in [0, 0.05) is 17.5 Å². The van der Waals surface area contributed by atoms with Gasteiger partial charge in [-0.25, -0.2) is 0 Å². The highest BCUT2D eigenvalue weighted by Gasteiger charge is 2.52. The summed E-state index contributed by atoms with van der Waals surface area (Å²) in [4.78, 5) is 24.9. The van der Waals surface area contributed by atoms with Crippen molar-refractivity contribution in [3.63, 3.8) is 0 Å². The molecule has 0 atom stereocenters. The van der Waals surface area contributed by atoms with Gasteiger partial charge in [-0.1, -0.05) is 24.6 Å². The van der Waals surface area contributed by atoms with Crippen LogP contribution in [0, 0.1) is 11.3 Å². The fourth-order valence-electron chi connectivity index (χ4n) is 4.67. The molecule has 0 N–H and O–H groups in total. The first-order valence-corrected chi connectivity index (χ1v) is 11.8. The van der Waals surface area contributed by atoms with E-state index in [1.807, 2.05) is 30.3 Å². The van der Waals surface area contributed by atoms with Gasteiger partial charge in [0.2, 0.25) is 5.75 Å². The van der Waals surface area contributed by atoms with Crippen LogP contribution in [0.3, 0.4) is 0 Å². The second-order valence-corrected chi connectivity index (χ2v) is 9.44. The maximum absolute atomic E-state index is 12.8. The number of esters is 1. The van der Waals surface area contributed by atoms with E-state index in [9.17, 15) is 9.59 Å². The fraction of sp³-hybridized carbons (Fsp3) is 0.481. The molecule has 2 saturated carbocycles. The molecule has 2 fully saturated rings. The number of hydrogen-bond donors (Lipinski definition) is 0. The second kappa shape index (κ2) is 8.73. The fourth-order valence-corrected chi connectivity index (χ4v) is 4.67. The van der Waals surface area contributed by atoms with Crippen LogP contribution in [0.25, 0.3) is 11.1 Å². The first kappa shape index (κ1) is 21.8. The first-order valence-electron chi connectivity index (χ1n) is 11.8. The summed E-state index contributed by atoms with van der Waals surface area (Å²) in [5, 5.41) is 0. The Bertz CT molecular complexity index is 1080. The molecule has 2 aromatic carbocycles. The Morgan fingerprint density at radius 3 is 2.45 bits per heavy atom. The smallest absolute Gasteiger partial charge is 0.315 e. The normalized spacial score (nSPS) is 18.3. The van der Waals surface area contributed by atoms with Crippen LogP contribution in [0.15, 0.2) is 30.3 Å². The lowest BCUT2D eigenvalue weighted by Gasteiger charge is -2.26. The number of ether oxygens (including phenoxy) is 4. The molecular weight excluding hydrogens is 420 g/mol. The maximum atomic E-state index is 12.8. The molecule has 0 aliphatic heterocycles. The Morgan fingerprint density at radius 1 is 1.00 bits per heavy atom. The number of ketones is 1. The Balaban J connectivity index is 1.41. The highest BCUT2D eigenvalue weighted by molar-refractivity contribution is 6.01. The Hall–Kier alpha value is -3.02. The molecule has 0 saturated heterocycles. The third kappa shape index (κ3) is 4.07. The van der Waals surface area contributed by atoms with E-state index in [0.29, 0.717) is 36.2 Å². The summed E-state index contributed by atoms with van der Waals surface area (Å²) in [7, 11) is 3.16. The van der Waals surface area contributed by atoms with E-state index in [4.69, 9.17) is 18.9 Å². The van der Waals surface area contributed by atoms with Crippen molar-refractivity contribution in [2.45, 2.75) is 44.9 Å². The zero-order valence-corrected chi connectivity index (χ0v) is 19.3. The minimum Gasteiger partial charge on any atom is -0.493 e. The number of aryl methyl sites for hydroxylation is 1. The quantitative estimate of drug-likeness (QED) is 0.501. The molecule has 6 heteroatoms. The van der Waals surface area contributed by atoms with Crippen LogP contribution in [-0.2, 0) is 16.0 Å². The SMILES string of the molecule is COc1ccc(-c2ccc3c(c2)CCC3=O)c(OCC2(C(=O)OCC3CCC3)CC2)c1OC. The van der Waals surface area contributed by atoms with E-state index in [1.165, 1.54) is 6.42 Å². The molecule has 3 aliphatic carbocycles. The van der Waals surface area contributed by atoms with Crippen molar-refractivity contribution in [3.05, 3.63) is 41.5 Å². The zero-order valence-electron chi connectivity index (χ0n) is 19.3. The van der Waals surface area contributed by atoms with Crippen LogP contribution < -0.4 is 14.2 Å². The van der Waals surface area contributed by atoms with Crippen molar-refractivity contribution in [3.8, 4) is 28.4 Å². The van der Waals surface area contributed by atoms with E-state index >= 15 is 0 Å².